The van der Waals surface area contributed by atoms with Crippen LogP contribution >= 0.6 is 13.0 Å². The van der Waals surface area contributed by atoms with Gasteiger partial charge in [0.1, 0.15) is 0 Å². The van der Waals surface area contributed by atoms with E-state index in [1.54, 1.807) is 0 Å². The summed E-state index contributed by atoms with van der Waals surface area (Å²) < 4.78 is 0. The SMILES string of the molecule is C=CC(N)P(O)(O)=S.C=CCP(O)(O)=S. The Labute approximate surface area is 99.3 Å². The van der Waals surface area contributed by atoms with E-state index in [-0.39, 0.29) is 6.16 Å². The molecule has 5 nitrogen and oxygen atoms in total. The third-order valence-electron chi connectivity index (χ3n) is 0.997. The van der Waals surface area contributed by atoms with Crippen LogP contribution in [0.25, 0.3) is 0 Å². The zero-order chi connectivity index (χ0) is 12.7. The lowest BCUT2D eigenvalue weighted by atomic mass is 10.7. The van der Waals surface area contributed by atoms with Crippen molar-refractivity contribution in [2.45, 2.75) is 5.78 Å². The van der Waals surface area contributed by atoms with Crippen molar-refractivity contribution in [1.82, 2.24) is 0 Å². The molecule has 0 aromatic rings. The summed E-state index contributed by atoms with van der Waals surface area (Å²) in [5.74, 6) is -0.850. The molecule has 0 bridgehead atoms. The summed E-state index contributed by atoms with van der Waals surface area (Å²) in [6.07, 6.45) is 2.77. The maximum atomic E-state index is 8.57. The molecule has 0 saturated carbocycles. The maximum absolute atomic E-state index is 8.57. The fourth-order valence-corrected chi connectivity index (χ4v) is 1.49. The third kappa shape index (κ3) is 14.6. The first-order valence-corrected chi connectivity index (χ1v) is 9.30. The molecule has 9 heteroatoms. The van der Waals surface area contributed by atoms with Crippen LogP contribution in [0.4, 0.5) is 0 Å². The first-order valence-electron chi connectivity index (χ1n) is 3.63. The summed E-state index contributed by atoms with van der Waals surface area (Å²) in [6, 6.07) is 0. The molecule has 0 spiro atoms. The quantitative estimate of drug-likeness (QED) is 0.372. The molecule has 15 heavy (non-hydrogen) atoms. The summed E-state index contributed by atoms with van der Waals surface area (Å²) in [5.41, 5.74) is 5.08. The van der Waals surface area contributed by atoms with E-state index in [0.717, 1.165) is 0 Å². The van der Waals surface area contributed by atoms with E-state index >= 15 is 0 Å². The maximum Gasteiger partial charge on any atom is 0.204 e. The van der Waals surface area contributed by atoms with E-state index in [2.05, 4.69) is 36.8 Å². The number of nitrogens with two attached hydrogens (primary N) is 1. The van der Waals surface area contributed by atoms with Crippen molar-refractivity contribution in [1.29, 1.82) is 0 Å². The van der Waals surface area contributed by atoms with Crippen molar-refractivity contribution in [3.63, 3.8) is 0 Å². The number of hydrogen-bond donors (Lipinski definition) is 5. The second kappa shape index (κ2) is 7.79. The van der Waals surface area contributed by atoms with E-state index in [1.165, 1.54) is 12.2 Å². The van der Waals surface area contributed by atoms with Crippen LogP contribution in [-0.4, -0.2) is 31.5 Å². The van der Waals surface area contributed by atoms with Crippen LogP contribution in [0.15, 0.2) is 25.3 Å². The molecule has 0 aliphatic heterocycles. The van der Waals surface area contributed by atoms with Crippen molar-refractivity contribution in [3.05, 3.63) is 25.3 Å². The molecule has 0 saturated heterocycles. The van der Waals surface area contributed by atoms with Crippen molar-refractivity contribution >= 4 is 36.6 Å². The van der Waals surface area contributed by atoms with E-state index in [9.17, 15) is 0 Å². The Morgan fingerprint density at radius 1 is 1.20 bits per heavy atom. The van der Waals surface area contributed by atoms with Gasteiger partial charge in [0.05, 0.1) is 5.78 Å². The van der Waals surface area contributed by atoms with Gasteiger partial charge in [-0.05, 0) is 23.6 Å². The third-order valence-corrected chi connectivity index (χ3v) is 3.90. The highest BCUT2D eigenvalue weighted by Crippen LogP contribution is 2.38. The minimum atomic E-state index is -3.26. The minimum absolute atomic E-state index is 0.141. The average molecular weight is 291 g/mol. The molecule has 0 aromatic heterocycles. The molecule has 0 fully saturated rings. The van der Waals surface area contributed by atoms with Crippen LogP contribution in [0.3, 0.4) is 0 Å². The number of hydrogen-bond acceptors (Lipinski definition) is 3. The monoisotopic (exact) mass is 291 g/mol. The molecule has 0 radical (unpaired) electrons. The van der Waals surface area contributed by atoms with Crippen LogP contribution in [0, 0.1) is 0 Å². The summed E-state index contributed by atoms with van der Waals surface area (Å²) in [7, 11) is 0. The Kier molecular flexibility index (Phi) is 9.33. The van der Waals surface area contributed by atoms with Crippen LogP contribution in [0.5, 0.6) is 0 Å². The Balaban J connectivity index is 0. The fraction of sp³-hybridized carbons (Fsp3) is 0.333. The van der Waals surface area contributed by atoms with Gasteiger partial charge in [-0.25, -0.2) is 0 Å². The zero-order valence-electron chi connectivity index (χ0n) is 7.93. The topological polar surface area (TPSA) is 107 Å². The Morgan fingerprint density at radius 2 is 1.60 bits per heavy atom. The smallest absolute Gasteiger partial charge is 0.204 e. The molecule has 0 aliphatic carbocycles. The number of allylic oxidation sites excluding steroid dienone is 1. The molecule has 1 unspecified atom stereocenters. The van der Waals surface area contributed by atoms with Crippen LogP contribution < -0.4 is 5.73 Å². The largest absolute Gasteiger partial charge is 0.345 e. The molecule has 0 heterocycles. The van der Waals surface area contributed by atoms with Crippen molar-refractivity contribution < 1.29 is 19.6 Å². The van der Waals surface area contributed by atoms with Crippen molar-refractivity contribution in [2.24, 2.45) is 5.73 Å². The molecular weight excluding hydrogens is 276 g/mol. The summed E-state index contributed by atoms with van der Waals surface area (Å²) in [6.45, 7) is 0.316. The van der Waals surface area contributed by atoms with Crippen LogP contribution in [0.1, 0.15) is 0 Å². The van der Waals surface area contributed by atoms with Gasteiger partial charge in [-0.15, -0.1) is 13.2 Å². The van der Waals surface area contributed by atoms with Gasteiger partial charge in [0.15, 0.2) is 6.49 Å². The highest BCUT2D eigenvalue weighted by atomic mass is 32.5. The molecule has 0 rings (SSSR count). The molecule has 0 aliphatic rings. The summed E-state index contributed by atoms with van der Waals surface area (Å²) in [4.78, 5) is 34.0. The van der Waals surface area contributed by atoms with E-state index in [0.29, 0.717) is 0 Å². The molecule has 0 amide bonds. The second-order valence-electron chi connectivity index (χ2n) is 2.45. The first-order chi connectivity index (χ1) is 6.54. The van der Waals surface area contributed by atoms with Gasteiger partial charge in [-0.3, -0.25) is 0 Å². The zero-order valence-corrected chi connectivity index (χ0v) is 11.4. The van der Waals surface area contributed by atoms with Gasteiger partial charge in [-0.2, -0.15) is 0 Å². The van der Waals surface area contributed by atoms with Crippen molar-refractivity contribution in [3.8, 4) is 0 Å². The summed E-state index contributed by atoms with van der Waals surface area (Å²) in [5, 5.41) is 0. The first kappa shape index (κ1) is 18.0. The van der Waals surface area contributed by atoms with Gasteiger partial charge in [0.25, 0.3) is 0 Å². The van der Waals surface area contributed by atoms with E-state index in [4.69, 9.17) is 25.3 Å². The molecule has 90 valence electrons. The predicted molar refractivity (Wildman–Crippen MR) is 70.7 cm³/mol. The lowest BCUT2D eigenvalue weighted by Crippen LogP contribution is -2.15. The van der Waals surface area contributed by atoms with Gasteiger partial charge >= 0.3 is 0 Å². The summed E-state index contributed by atoms with van der Waals surface area (Å²) >= 11 is 8.47. The molecule has 0 aromatic carbocycles. The normalized spacial score (nSPS) is 13.4. The lowest BCUT2D eigenvalue weighted by molar-refractivity contribution is 0.470. The van der Waals surface area contributed by atoms with Crippen LogP contribution in [0.2, 0.25) is 0 Å². The average Bonchev–Trinajstić information content (AvgIpc) is 2.00. The van der Waals surface area contributed by atoms with Gasteiger partial charge in [0, 0.05) is 6.16 Å². The van der Waals surface area contributed by atoms with Gasteiger partial charge in [0.2, 0.25) is 6.49 Å². The van der Waals surface area contributed by atoms with E-state index < -0.39 is 18.8 Å². The number of rotatable bonds is 4. The Bertz CT molecular complexity index is 298. The van der Waals surface area contributed by atoms with Crippen molar-refractivity contribution in [2.75, 3.05) is 6.16 Å². The van der Waals surface area contributed by atoms with Crippen LogP contribution in [-0.2, 0) is 23.6 Å². The molecule has 1 atom stereocenters. The molecular formula is C6H15NO4P2S2. The predicted octanol–water partition coefficient (Wildman–Crippen LogP) is 0.218. The van der Waals surface area contributed by atoms with Gasteiger partial charge in [-0.1, -0.05) is 12.2 Å². The second-order valence-corrected chi connectivity index (χ2v) is 9.29. The Morgan fingerprint density at radius 3 is 1.60 bits per heavy atom. The standard InChI is InChI=1S/C3H8NO2PS.C3H7O2PS/c1-2-3(4)7(5,6)8;1-2-3-6(4,5)7/h2-3H,1,4H2,(H2,5,6,8);2H,1,3H2,(H2,4,5,7). The van der Waals surface area contributed by atoms with Gasteiger partial charge < -0.3 is 25.3 Å². The highest BCUT2D eigenvalue weighted by Gasteiger charge is 2.14. The Hall–Kier alpha value is 0.580. The van der Waals surface area contributed by atoms with E-state index in [1.807, 2.05) is 0 Å². The fourth-order valence-electron chi connectivity index (χ4n) is 0.305. The highest BCUT2D eigenvalue weighted by molar-refractivity contribution is 8.09. The minimum Gasteiger partial charge on any atom is -0.345 e. The lowest BCUT2D eigenvalue weighted by Gasteiger charge is -2.10. The molecule has 6 N–H and O–H groups in total.